The van der Waals surface area contributed by atoms with E-state index in [4.69, 9.17) is 4.74 Å². The molecule has 0 saturated carbocycles. The minimum Gasteiger partial charge on any atom is -0.417 e. The Morgan fingerprint density at radius 3 is 3.15 bits per heavy atom. The lowest BCUT2D eigenvalue weighted by Crippen LogP contribution is -2.42. The van der Waals surface area contributed by atoms with Crippen LogP contribution in [0.2, 0.25) is 0 Å². The van der Waals surface area contributed by atoms with Gasteiger partial charge in [0.15, 0.2) is 5.13 Å². The maximum atomic E-state index is 12.3. The number of rotatable bonds is 7. The van der Waals surface area contributed by atoms with Gasteiger partial charge in [-0.15, -0.1) is 11.3 Å². The van der Waals surface area contributed by atoms with Gasteiger partial charge in [-0.1, -0.05) is 0 Å². The van der Waals surface area contributed by atoms with Crippen molar-refractivity contribution in [3.05, 3.63) is 35.0 Å². The zero-order valence-corrected chi connectivity index (χ0v) is 15.5. The predicted octanol–water partition coefficient (Wildman–Crippen LogP) is 2.54. The third kappa shape index (κ3) is 6.19. The Hall–Kier alpha value is -2.17. The van der Waals surface area contributed by atoms with Gasteiger partial charge in [0.1, 0.15) is 0 Å². The first kappa shape index (κ1) is 19.6. The molecule has 1 fully saturated rings. The van der Waals surface area contributed by atoms with Crippen molar-refractivity contribution in [1.29, 1.82) is 0 Å². The van der Waals surface area contributed by atoms with Crippen molar-refractivity contribution in [1.82, 2.24) is 14.9 Å². The number of pyridine rings is 1. The van der Waals surface area contributed by atoms with Gasteiger partial charge in [-0.3, -0.25) is 9.69 Å². The number of alkyl halides is 2. The van der Waals surface area contributed by atoms with Crippen molar-refractivity contribution in [3.8, 4) is 5.88 Å². The largest absolute Gasteiger partial charge is 0.417 e. The lowest BCUT2D eigenvalue weighted by Gasteiger charge is -2.32. The standard InChI is InChI=1S/C17H20F2N4O3S/c1-11(24)22-17-21-8-14(27-17)10-23-4-5-25-13(9-23)6-12-2-3-20-15(7-12)26-16(18)19/h2-3,7-8,13,16H,4-6,9-10H2,1H3,(H,21,22,24). The van der Waals surface area contributed by atoms with Crippen LogP contribution in [0.4, 0.5) is 13.9 Å². The molecule has 3 rings (SSSR count). The van der Waals surface area contributed by atoms with Gasteiger partial charge in [0.25, 0.3) is 0 Å². The quantitative estimate of drug-likeness (QED) is 0.773. The van der Waals surface area contributed by atoms with Crippen molar-refractivity contribution in [3.63, 3.8) is 0 Å². The van der Waals surface area contributed by atoms with E-state index in [1.54, 1.807) is 12.3 Å². The number of morpholine rings is 1. The minimum absolute atomic E-state index is 0.0525. The van der Waals surface area contributed by atoms with Gasteiger partial charge in [0, 0.05) is 56.3 Å². The number of aromatic nitrogens is 2. The molecule has 10 heteroatoms. The smallest absolute Gasteiger partial charge is 0.388 e. The van der Waals surface area contributed by atoms with E-state index < -0.39 is 6.61 Å². The lowest BCUT2D eigenvalue weighted by atomic mass is 10.1. The molecular formula is C17H20F2N4O3S. The summed E-state index contributed by atoms with van der Waals surface area (Å²) in [6.45, 7) is 1.36. The molecule has 2 aromatic rings. The summed E-state index contributed by atoms with van der Waals surface area (Å²) in [7, 11) is 0. The normalized spacial score (nSPS) is 17.9. The average molecular weight is 398 g/mol. The molecule has 2 aromatic heterocycles. The van der Waals surface area contributed by atoms with E-state index in [1.165, 1.54) is 30.5 Å². The van der Waals surface area contributed by atoms with Crippen molar-refractivity contribution in [2.75, 3.05) is 25.0 Å². The van der Waals surface area contributed by atoms with Crippen LogP contribution in [0.5, 0.6) is 5.88 Å². The molecule has 1 saturated heterocycles. The van der Waals surface area contributed by atoms with Crippen LogP contribution >= 0.6 is 11.3 Å². The van der Waals surface area contributed by atoms with Crippen molar-refractivity contribution >= 4 is 22.4 Å². The van der Waals surface area contributed by atoms with Crippen LogP contribution in [0.15, 0.2) is 24.5 Å². The number of thiazole rings is 1. The fourth-order valence-electron chi connectivity index (χ4n) is 2.85. The van der Waals surface area contributed by atoms with Gasteiger partial charge in [-0.2, -0.15) is 8.78 Å². The molecule has 1 amide bonds. The predicted molar refractivity (Wildman–Crippen MR) is 96.0 cm³/mol. The second-order valence-electron chi connectivity index (χ2n) is 6.13. The van der Waals surface area contributed by atoms with E-state index in [0.29, 0.717) is 31.2 Å². The first-order chi connectivity index (χ1) is 13.0. The van der Waals surface area contributed by atoms with Crippen molar-refractivity contribution in [2.45, 2.75) is 32.6 Å². The Labute approximate surface area is 159 Å². The van der Waals surface area contributed by atoms with Crippen LogP contribution in [0.1, 0.15) is 17.4 Å². The van der Waals surface area contributed by atoms with Crippen LogP contribution in [0.3, 0.4) is 0 Å². The molecule has 0 aliphatic carbocycles. The monoisotopic (exact) mass is 398 g/mol. The van der Waals surface area contributed by atoms with Crippen LogP contribution in [0, 0.1) is 0 Å². The third-order valence-electron chi connectivity index (χ3n) is 3.91. The van der Waals surface area contributed by atoms with E-state index in [0.717, 1.165) is 17.0 Å². The Bertz CT molecular complexity index is 774. The highest BCUT2D eigenvalue weighted by Gasteiger charge is 2.22. The zero-order chi connectivity index (χ0) is 19.2. The van der Waals surface area contributed by atoms with E-state index in [1.807, 2.05) is 0 Å². The number of carbonyl (C=O) groups is 1. The zero-order valence-electron chi connectivity index (χ0n) is 14.7. The van der Waals surface area contributed by atoms with Crippen LogP contribution in [0.25, 0.3) is 0 Å². The van der Waals surface area contributed by atoms with Crippen molar-refractivity contribution in [2.24, 2.45) is 0 Å². The van der Waals surface area contributed by atoms with Gasteiger partial charge >= 0.3 is 6.61 Å². The second kappa shape index (κ2) is 9.16. The Balaban J connectivity index is 1.55. The number of ether oxygens (including phenoxy) is 2. The summed E-state index contributed by atoms with van der Waals surface area (Å²) in [6.07, 6.45) is 3.74. The maximum Gasteiger partial charge on any atom is 0.388 e. The molecule has 0 aromatic carbocycles. The molecule has 1 atom stereocenters. The fraction of sp³-hybridized carbons (Fsp3) is 0.471. The van der Waals surface area contributed by atoms with Gasteiger partial charge in [0.05, 0.1) is 12.7 Å². The maximum absolute atomic E-state index is 12.3. The van der Waals surface area contributed by atoms with E-state index in [-0.39, 0.29) is 17.9 Å². The molecular weight excluding hydrogens is 378 g/mol. The first-order valence-corrected chi connectivity index (χ1v) is 9.25. The molecule has 0 bridgehead atoms. The molecule has 1 N–H and O–H groups in total. The molecule has 0 radical (unpaired) electrons. The number of nitrogens with zero attached hydrogens (tertiary/aromatic N) is 3. The van der Waals surface area contributed by atoms with Crippen LogP contribution in [-0.2, 0) is 22.5 Å². The van der Waals surface area contributed by atoms with Crippen LogP contribution < -0.4 is 10.1 Å². The Kier molecular flexibility index (Phi) is 6.64. The Morgan fingerprint density at radius 1 is 1.52 bits per heavy atom. The van der Waals surface area contributed by atoms with Crippen LogP contribution in [-0.4, -0.2) is 53.2 Å². The van der Waals surface area contributed by atoms with E-state index in [2.05, 4.69) is 24.9 Å². The minimum atomic E-state index is -2.89. The summed E-state index contributed by atoms with van der Waals surface area (Å²) >= 11 is 1.45. The molecule has 3 heterocycles. The number of hydrogen-bond acceptors (Lipinski definition) is 7. The van der Waals surface area contributed by atoms with E-state index in [9.17, 15) is 13.6 Å². The number of amides is 1. The van der Waals surface area contributed by atoms with E-state index >= 15 is 0 Å². The average Bonchev–Trinajstić information content (AvgIpc) is 3.01. The number of halogens is 2. The van der Waals surface area contributed by atoms with Gasteiger partial charge < -0.3 is 14.8 Å². The first-order valence-electron chi connectivity index (χ1n) is 8.44. The van der Waals surface area contributed by atoms with Gasteiger partial charge in [0.2, 0.25) is 11.8 Å². The summed E-state index contributed by atoms with van der Waals surface area (Å²) < 4.78 is 34.8. The molecule has 7 nitrogen and oxygen atoms in total. The molecule has 146 valence electrons. The van der Waals surface area contributed by atoms with Gasteiger partial charge in [-0.25, -0.2) is 9.97 Å². The summed E-state index contributed by atoms with van der Waals surface area (Å²) in [5.41, 5.74) is 0.832. The van der Waals surface area contributed by atoms with Gasteiger partial charge in [-0.05, 0) is 11.6 Å². The highest BCUT2D eigenvalue weighted by Crippen LogP contribution is 2.22. The SMILES string of the molecule is CC(=O)Nc1ncc(CN2CCOC(Cc3ccnc(OC(F)F)c3)C2)s1. The molecule has 1 aliphatic rings. The topological polar surface area (TPSA) is 76.6 Å². The highest BCUT2D eigenvalue weighted by atomic mass is 32.1. The number of carbonyl (C=O) groups excluding carboxylic acids is 1. The fourth-order valence-corrected chi connectivity index (χ4v) is 3.75. The molecule has 27 heavy (non-hydrogen) atoms. The Morgan fingerprint density at radius 2 is 2.37 bits per heavy atom. The number of nitrogens with one attached hydrogen (secondary N) is 1. The van der Waals surface area contributed by atoms with Crippen molar-refractivity contribution < 1.29 is 23.0 Å². The molecule has 0 spiro atoms. The summed E-state index contributed by atoms with van der Waals surface area (Å²) in [5.74, 6) is -0.236. The highest BCUT2D eigenvalue weighted by molar-refractivity contribution is 7.15. The summed E-state index contributed by atoms with van der Waals surface area (Å²) in [4.78, 5) is 22.4. The number of anilines is 1. The lowest BCUT2D eigenvalue weighted by molar-refractivity contribution is -0.114. The summed E-state index contributed by atoms with van der Waals surface area (Å²) in [5, 5.41) is 3.27. The summed E-state index contributed by atoms with van der Waals surface area (Å²) in [6, 6.07) is 3.28. The molecule has 1 aliphatic heterocycles. The number of hydrogen-bond donors (Lipinski definition) is 1. The molecule has 1 unspecified atom stereocenters. The third-order valence-corrected chi connectivity index (χ3v) is 4.81. The second-order valence-corrected chi connectivity index (χ2v) is 7.24.